The van der Waals surface area contributed by atoms with E-state index < -0.39 is 0 Å². The van der Waals surface area contributed by atoms with Gasteiger partial charge in [0.15, 0.2) is 4.67 Å². The predicted octanol–water partition coefficient (Wildman–Crippen LogP) is 2.81. The normalized spacial score (nSPS) is 10.6. The molecule has 0 fully saturated rings. The molecule has 1 heterocycles. The van der Waals surface area contributed by atoms with Gasteiger partial charge in [0.25, 0.3) is 5.91 Å². The molecule has 0 aliphatic carbocycles. The van der Waals surface area contributed by atoms with Crippen LogP contribution in [0.1, 0.15) is 16.1 Å². The van der Waals surface area contributed by atoms with E-state index >= 15 is 0 Å². The van der Waals surface area contributed by atoms with Gasteiger partial charge in [-0.05, 0) is 52.3 Å². The van der Waals surface area contributed by atoms with Crippen LogP contribution in [0.2, 0.25) is 0 Å². The largest absolute Gasteiger partial charge is 0.497 e. The molecule has 1 amide bonds. The van der Waals surface area contributed by atoms with Gasteiger partial charge in [0, 0.05) is 5.56 Å². The lowest BCUT2D eigenvalue weighted by Gasteiger charge is -2.01. The van der Waals surface area contributed by atoms with E-state index in [1.165, 1.54) is 6.21 Å². The second-order valence-electron chi connectivity index (χ2n) is 3.57. The minimum Gasteiger partial charge on any atom is -0.497 e. The van der Waals surface area contributed by atoms with Crippen LogP contribution in [0.5, 0.6) is 5.75 Å². The van der Waals surface area contributed by atoms with Crippen molar-refractivity contribution in [2.24, 2.45) is 5.10 Å². The third kappa shape index (κ3) is 3.69. The highest BCUT2D eigenvalue weighted by Crippen LogP contribution is 2.12. The number of nitrogens with zero attached hydrogens (tertiary/aromatic N) is 1. The highest BCUT2D eigenvalue weighted by molar-refractivity contribution is 9.10. The molecule has 98 valence electrons. The van der Waals surface area contributed by atoms with Gasteiger partial charge in [-0.2, -0.15) is 5.10 Å². The Labute approximate surface area is 118 Å². The van der Waals surface area contributed by atoms with Gasteiger partial charge in [0.05, 0.1) is 13.3 Å². The Morgan fingerprint density at radius 2 is 2.05 bits per heavy atom. The lowest BCUT2D eigenvalue weighted by atomic mass is 10.2. The van der Waals surface area contributed by atoms with Gasteiger partial charge in [0.1, 0.15) is 11.5 Å². The lowest BCUT2D eigenvalue weighted by Crippen LogP contribution is -2.17. The van der Waals surface area contributed by atoms with Crippen molar-refractivity contribution in [2.75, 3.05) is 7.11 Å². The van der Waals surface area contributed by atoms with Gasteiger partial charge in [-0.25, -0.2) is 5.43 Å². The van der Waals surface area contributed by atoms with Crippen molar-refractivity contribution in [1.29, 1.82) is 0 Å². The zero-order valence-corrected chi connectivity index (χ0v) is 11.7. The molecule has 0 unspecified atom stereocenters. The topological polar surface area (TPSA) is 63.8 Å². The van der Waals surface area contributed by atoms with E-state index in [1.807, 2.05) is 0 Å². The van der Waals surface area contributed by atoms with Crippen molar-refractivity contribution in [3.63, 3.8) is 0 Å². The molecule has 0 bridgehead atoms. The first-order valence-electron chi connectivity index (χ1n) is 5.42. The van der Waals surface area contributed by atoms with E-state index in [2.05, 4.69) is 26.5 Å². The molecule has 0 atom stereocenters. The molecule has 2 rings (SSSR count). The molecule has 19 heavy (non-hydrogen) atoms. The summed E-state index contributed by atoms with van der Waals surface area (Å²) in [5.41, 5.74) is 2.91. The van der Waals surface area contributed by atoms with Crippen LogP contribution in [-0.2, 0) is 0 Å². The van der Waals surface area contributed by atoms with Crippen molar-refractivity contribution in [1.82, 2.24) is 5.43 Å². The highest BCUT2D eigenvalue weighted by Gasteiger charge is 2.04. The summed E-state index contributed by atoms with van der Waals surface area (Å²) in [6, 6.07) is 10.2. The zero-order chi connectivity index (χ0) is 13.7. The molecule has 0 aliphatic rings. The van der Waals surface area contributed by atoms with Crippen LogP contribution < -0.4 is 10.2 Å². The van der Waals surface area contributed by atoms with Crippen LogP contribution in [0.4, 0.5) is 0 Å². The van der Waals surface area contributed by atoms with E-state index in [4.69, 9.17) is 9.15 Å². The third-order valence-electron chi connectivity index (χ3n) is 2.30. The van der Waals surface area contributed by atoms with E-state index in [-0.39, 0.29) is 5.91 Å². The summed E-state index contributed by atoms with van der Waals surface area (Å²) < 4.78 is 10.8. The number of furan rings is 1. The number of methoxy groups -OCH3 is 1. The van der Waals surface area contributed by atoms with Gasteiger partial charge >= 0.3 is 0 Å². The summed E-state index contributed by atoms with van der Waals surface area (Å²) in [7, 11) is 1.57. The Balaban J connectivity index is 1.95. The van der Waals surface area contributed by atoms with Crippen molar-refractivity contribution in [2.45, 2.75) is 0 Å². The maximum absolute atomic E-state index is 11.7. The minimum atomic E-state index is -0.301. The Morgan fingerprint density at radius 3 is 2.63 bits per heavy atom. The van der Waals surface area contributed by atoms with Crippen molar-refractivity contribution >= 4 is 28.1 Å². The van der Waals surface area contributed by atoms with E-state index in [0.29, 0.717) is 21.7 Å². The Bertz CT molecular complexity index is 590. The number of halogens is 1. The standard InChI is InChI=1S/C13H11BrN2O3/c1-18-10-4-2-9(3-5-10)13(17)16-15-8-11-6-7-12(14)19-11/h2-8H,1H3,(H,16,17)/b15-8+. The van der Waals surface area contributed by atoms with E-state index in [0.717, 1.165) is 0 Å². The lowest BCUT2D eigenvalue weighted by molar-refractivity contribution is 0.0955. The number of ether oxygens (including phenoxy) is 1. The van der Waals surface area contributed by atoms with Crippen LogP contribution in [-0.4, -0.2) is 19.2 Å². The van der Waals surface area contributed by atoms with Crippen LogP contribution in [0.3, 0.4) is 0 Å². The molecule has 0 saturated carbocycles. The average molecular weight is 323 g/mol. The fourth-order valence-electron chi connectivity index (χ4n) is 1.36. The monoisotopic (exact) mass is 322 g/mol. The Morgan fingerprint density at radius 1 is 1.32 bits per heavy atom. The predicted molar refractivity (Wildman–Crippen MR) is 74.5 cm³/mol. The number of hydrogen-bond acceptors (Lipinski definition) is 4. The van der Waals surface area contributed by atoms with Crippen LogP contribution in [0.15, 0.2) is 50.6 Å². The van der Waals surface area contributed by atoms with Gasteiger partial charge in [-0.15, -0.1) is 0 Å². The fraction of sp³-hybridized carbons (Fsp3) is 0.0769. The van der Waals surface area contributed by atoms with Crippen molar-refractivity contribution in [3.05, 3.63) is 52.4 Å². The fourth-order valence-corrected chi connectivity index (χ4v) is 1.68. The number of carbonyl (C=O) groups is 1. The summed E-state index contributed by atoms with van der Waals surface area (Å²) >= 11 is 3.18. The quantitative estimate of drug-likeness (QED) is 0.695. The van der Waals surface area contributed by atoms with E-state index in [1.54, 1.807) is 43.5 Å². The molecular formula is C13H11BrN2O3. The van der Waals surface area contributed by atoms with Gasteiger partial charge in [-0.3, -0.25) is 4.79 Å². The second kappa shape index (κ2) is 6.19. The van der Waals surface area contributed by atoms with Crippen LogP contribution in [0.25, 0.3) is 0 Å². The molecule has 0 aliphatic heterocycles. The molecule has 1 aromatic carbocycles. The SMILES string of the molecule is COc1ccc(C(=O)N/N=C/c2ccc(Br)o2)cc1. The number of hydrazone groups is 1. The van der Waals surface area contributed by atoms with Gasteiger partial charge in [0.2, 0.25) is 0 Å². The first kappa shape index (κ1) is 13.4. The summed E-state index contributed by atoms with van der Waals surface area (Å²) in [6.07, 6.45) is 1.42. The maximum atomic E-state index is 11.7. The summed E-state index contributed by atoms with van der Waals surface area (Å²) in [5.74, 6) is 0.937. The molecule has 1 N–H and O–H groups in total. The zero-order valence-electron chi connectivity index (χ0n) is 10.1. The molecular weight excluding hydrogens is 312 g/mol. The number of carbonyl (C=O) groups excluding carboxylic acids is 1. The summed E-state index contributed by atoms with van der Waals surface area (Å²) in [5, 5.41) is 3.80. The number of amides is 1. The first-order chi connectivity index (χ1) is 9.19. The van der Waals surface area contributed by atoms with Gasteiger partial charge in [-0.1, -0.05) is 0 Å². The molecule has 6 heteroatoms. The number of rotatable bonds is 4. The molecule has 2 aromatic rings. The minimum absolute atomic E-state index is 0.301. The summed E-state index contributed by atoms with van der Waals surface area (Å²) in [6.45, 7) is 0. The molecule has 0 radical (unpaired) electrons. The van der Waals surface area contributed by atoms with Crippen LogP contribution >= 0.6 is 15.9 Å². The third-order valence-corrected chi connectivity index (χ3v) is 2.73. The van der Waals surface area contributed by atoms with Crippen LogP contribution in [0, 0.1) is 0 Å². The number of nitrogens with one attached hydrogen (secondary N) is 1. The summed E-state index contributed by atoms with van der Waals surface area (Å²) in [4.78, 5) is 11.7. The average Bonchev–Trinajstić information content (AvgIpc) is 2.84. The van der Waals surface area contributed by atoms with Gasteiger partial charge < -0.3 is 9.15 Å². The maximum Gasteiger partial charge on any atom is 0.271 e. The number of hydrogen-bond donors (Lipinski definition) is 1. The Hall–Kier alpha value is -2.08. The Kier molecular flexibility index (Phi) is 4.35. The first-order valence-corrected chi connectivity index (χ1v) is 6.21. The second-order valence-corrected chi connectivity index (χ2v) is 4.35. The smallest absolute Gasteiger partial charge is 0.271 e. The number of benzene rings is 1. The molecule has 5 nitrogen and oxygen atoms in total. The molecule has 1 aromatic heterocycles. The van der Waals surface area contributed by atoms with E-state index in [9.17, 15) is 4.79 Å². The molecule has 0 saturated heterocycles. The molecule has 0 spiro atoms. The highest BCUT2D eigenvalue weighted by atomic mass is 79.9. The van der Waals surface area contributed by atoms with Crippen molar-refractivity contribution in [3.8, 4) is 5.75 Å². The van der Waals surface area contributed by atoms with Crippen molar-refractivity contribution < 1.29 is 13.9 Å².